The minimum atomic E-state index is -2.08. The summed E-state index contributed by atoms with van der Waals surface area (Å²) in [6.45, 7) is 4.88. The van der Waals surface area contributed by atoms with Gasteiger partial charge >= 0.3 is 0 Å². The molecule has 1 aliphatic rings. The Balaban J connectivity index is 1.25. The van der Waals surface area contributed by atoms with Crippen molar-refractivity contribution < 1.29 is 4.42 Å². The lowest BCUT2D eigenvalue weighted by Gasteiger charge is -2.19. The highest BCUT2D eigenvalue weighted by Crippen LogP contribution is 2.44. The molecule has 6 heteroatoms. The summed E-state index contributed by atoms with van der Waals surface area (Å²) in [4.78, 5) is 16.0. The molecular weight excluding hydrogens is 659 g/mol. The minimum Gasteiger partial charge on any atom is -0.455 e. The van der Waals surface area contributed by atoms with Crippen LogP contribution in [0.1, 0.15) is 0 Å². The third-order valence-electron chi connectivity index (χ3n) is 10.7. The number of fused-ring (bicyclic) bond motifs is 11. The summed E-state index contributed by atoms with van der Waals surface area (Å²) in [6.07, 6.45) is 0. The van der Waals surface area contributed by atoms with Crippen molar-refractivity contribution in [1.29, 1.82) is 0 Å². The Kier molecular flexibility index (Phi) is 5.95. The molecule has 240 valence electrons. The molecule has 0 bridgehead atoms. The van der Waals surface area contributed by atoms with Crippen molar-refractivity contribution in [1.82, 2.24) is 15.0 Å². The SMILES string of the molecule is C[Si]1(C)c2ccccc2-c2c1cc(-c1nc(-c3ccc4sc5ccccc5c4c3)nc(-c3cccc4ccccc34)n1)c1c2oc2ccccc21. The van der Waals surface area contributed by atoms with Crippen LogP contribution in [0.5, 0.6) is 0 Å². The second-order valence-corrected chi connectivity index (χ2v) is 19.4. The van der Waals surface area contributed by atoms with Gasteiger partial charge in [0.15, 0.2) is 17.5 Å². The number of thiophene rings is 1. The molecule has 7 aromatic carbocycles. The Bertz CT molecular complexity index is 3080. The number of hydrogen-bond acceptors (Lipinski definition) is 5. The van der Waals surface area contributed by atoms with E-state index in [1.807, 2.05) is 17.4 Å². The fourth-order valence-corrected chi connectivity index (χ4v) is 12.4. The van der Waals surface area contributed by atoms with E-state index in [0.29, 0.717) is 17.5 Å². The van der Waals surface area contributed by atoms with E-state index in [0.717, 1.165) is 49.4 Å². The van der Waals surface area contributed by atoms with Crippen molar-refractivity contribution in [3.8, 4) is 45.3 Å². The van der Waals surface area contributed by atoms with E-state index in [1.165, 1.54) is 41.7 Å². The highest BCUT2D eigenvalue weighted by atomic mass is 32.1. The normalized spacial score (nSPS) is 13.5. The van der Waals surface area contributed by atoms with Crippen LogP contribution >= 0.6 is 11.3 Å². The number of para-hydroxylation sites is 1. The van der Waals surface area contributed by atoms with E-state index in [2.05, 4.69) is 147 Å². The molecule has 0 atom stereocenters. The fourth-order valence-electron chi connectivity index (χ4n) is 8.26. The quantitative estimate of drug-likeness (QED) is 0.174. The third-order valence-corrected chi connectivity index (χ3v) is 15.4. The second-order valence-electron chi connectivity index (χ2n) is 14.0. The molecule has 0 N–H and O–H groups in total. The van der Waals surface area contributed by atoms with Crippen LogP contribution in [0.2, 0.25) is 13.1 Å². The molecule has 0 unspecified atom stereocenters. The fraction of sp³-hybridized carbons (Fsp3) is 0.0444. The maximum atomic E-state index is 6.83. The number of furan rings is 1. The van der Waals surface area contributed by atoms with E-state index < -0.39 is 8.07 Å². The zero-order valence-electron chi connectivity index (χ0n) is 27.9. The summed E-state index contributed by atoms with van der Waals surface area (Å²) in [5.41, 5.74) is 7.21. The molecule has 0 fully saturated rings. The lowest BCUT2D eigenvalue weighted by atomic mass is 9.98. The predicted molar refractivity (Wildman–Crippen MR) is 216 cm³/mol. The van der Waals surface area contributed by atoms with Crippen molar-refractivity contribution in [2.45, 2.75) is 13.1 Å². The Hall–Kier alpha value is -5.95. The first-order chi connectivity index (χ1) is 25.0. The van der Waals surface area contributed by atoms with Gasteiger partial charge in [0.1, 0.15) is 19.2 Å². The summed E-state index contributed by atoms with van der Waals surface area (Å²) in [5.74, 6) is 1.96. The summed E-state index contributed by atoms with van der Waals surface area (Å²) in [6, 6.07) is 49.6. The molecule has 4 nitrogen and oxygen atoms in total. The minimum absolute atomic E-state index is 0.651. The summed E-state index contributed by atoms with van der Waals surface area (Å²) in [5, 5.41) is 9.62. The molecule has 0 saturated carbocycles. The van der Waals surface area contributed by atoms with Gasteiger partial charge in [0.25, 0.3) is 0 Å². The number of aromatic nitrogens is 3. The van der Waals surface area contributed by atoms with Gasteiger partial charge in [0.2, 0.25) is 0 Å². The van der Waals surface area contributed by atoms with Crippen LogP contribution in [0.3, 0.4) is 0 Å². The van der Waals surface area contributed by atoms with Crippen LogP contribution in [0, 0.1) is 0 Å². The molecule has 0 aliphatic carbocycles. The molecule has 0 saturated heterocycles. The smallest absolute Gasteiger partial charge is 0.164 e. The standard InChI is InChI=1S/C45H29N3OSSi/c1-51(2)38-21-10-7-17-32(38)41-39(51)25-34(40-31-16-5-8-19-35(31)49-42(40)41)45-47-43(27-22-23-37-33(24-27)29-15-6-9-20-36(29)50-37)46-44(48-45)30-18-11-13-26-12-3-4-14-28(26)30/h3-25H,1-2H3. The Morgan fingerprint density at radius 2 is 1.18 bits per heavy atom. The number of benzene rings is 7. The number of nitrogens with zero attached hydrogens (tertiary/aromatic N) is 3. The van der Waals surface area contributed by atoms with Crippen molar-refractivity contribution in [3.05, 3.63) is 140 Å². The maximum absolute atomic E-state index is 6.83. The van der Waals surface area contributed by atoms with E-state index in [-0.39, 0.29) is 0 Å². The van der Waals surface area contributed by atoms with Gasteiger partial charge in [-0.1, -0.05) is 116 Å². The van der Waals surface area contributed by atoms with Crippen LogP contribution in [-0.4, -0.2) is 23.0 Å². The molecule has 1 aliphatic heterocycles. The summed E-state index contributed by atoms with van der Waals surface area (Å²) >= 11 is 1.82. The maximum Gasteiger partial charge on any atom is 0.164 e. The lowest BCUT2D eigenvalue weighted by Crippen LogP contribution is -2.49. The average Bonchev–Trinajstić information content (AvgIpc) is 3.82. The number of hydrogen-bond donors (Lipinski definition) is 0. The summed E-state index contributed by atoms with van der Waals surface area (Å²) in [7, 11) is -2.08. The van der Waals surface area contributed by atoms with Gasteiger partial charge in [0, 0.05) is 53.2 Å². The number of rotatable bonds is 3. The molecule has 3 aromatic heterocycles. The first-order valence-electron chi connectivity index (χ1n) is 17.3. The third kappa shape index (κ3) is 4.15. The van der Waals surface area contributed by atoms with Gasteiger partial charge < -0.3 is 4.42 Å². The van der Waals surface area contributed by atoms with Crippen LogP contribution in [-0.2, 0) is 0 Å². The molecule has 11 rings (SSSR count). The molecule has 51 heavy (non-hydrogen) atoms. The predicted octanol–water partition coefficient (Wildman–Crippen LogP) is 11.1. The Morgan fingerprint density at radius 1 is 0.510 bits per heavy atom. The molecule has 10 aromatic rings. The van der Waals surface area contributed by atoms with Gasteiger partial charge in [-0.25, -0.2) is 15.0 Å². The molecule has 4 heterocycles. The largest absolute Gasteiger partial charge is 0.455 e. The highest BCUT2D eigenvalue weighted by molar-refractivity contribution is 7.25. The van der Waals surface area contributed by atoms with Crippen LogP contribution in [0.15, 0.2) is 144 Å². The zero-order valence-corrected chi connectivity index (χ0v) is 29.8. The van der Waals surface area contributed by atoms with Crippen molar-refractivity contribution >= 4 is 82.7 Å². The van der Waals surface area contributed by atoms with Crippen LogP contribution in [0.4, 0.5) is 0 Å². The van der Waals surface area contributed by atoms with Crippen molar-refractivity contribution in [3.63, 3.8) is 0 Å². The van der Waals surface area contributed by atoms with Crippen molar-refractivity contribution in [2.75, 3.05) is 0 Å². The van der Waals surface area contributed by atoms with Gasteiger partial charge in [-0.3, -0.25) is 0 Å². The first-order valence-corrected chi connectivity index (χ1v) is 21.1. The van der Waals surface area contributed by atoms with Crippen molar-refractivity contribution in [2.24, 2.45) is 0 Å². The van der Waals surface area contributed by atoms with E-state index in [1.54, 1.807) is 0 Å². The van der Waals surface area contributed by atoms with E-state index in [9.17, 15) is 0 Å². The first kappa shape index (κ1) is 28.8. The molecule has 0 spiro atoms. The average molecular weight is 688 g/mol. The van der Waals surface area contributed by atoms with Crippen LogP contribution in [0.25, 0.3) is 98.2 Å². The highest BCUT2D eigenvalue weighted by Gasteiger charge is 2.40. The van der Waals surface area contributed by atoms with E-state index >= 15 is 0 Å². The molecule has 0 amide bonds. The van der Waals surface area contributed by atoms with Gasteiger partial charge in [-0.2, -0.15) is 0 Å². The van der Waals surface area contributed by atoms with Gasteiger partial charge in [-0.05, 0) is 63.1 Å². The lowest BCUT2D eigenvalue weighted by molar-refractivity contribution is 0.670. The second kappa shape index (κ2) is 10.5. The summed E-state index contributed by atoms with van der Waals surface area (Å²) < 4.78 is 9.35. The topological polar surface area (TPSA) is 51.8 Å². The Morgan fingerprint density at radius 3 is 2.08 bits per heavy atom. The Labute approximate surface area is 298 Å². The van der Waals surface area contributed by atoms with Gasteiger partial charge in [0.05, 0.1) is 0 Å². The monoisotopic (exact) mass is 687 g/mol. The molecule has 0 radical (unpaired) electrons. The molecular formula is C45H29N3OSSi. The van der Waals surface area contributed by atoms with Crippen LogP contribution < -0.4 is 10.4 Å². The zero-order chi connectivity index (χ0) is 33.8. The van der Waals surface area contributed by atoms with E-state index in [4.69, 9.17) is 19.4 Å². The van der Waals surface area contributed by atoms with Gasteiger partial charge in [-0.15, -0.1) is 11.3 Å².